The molecule has 4 nitrogen and oxygen atoms in total. The van der Waals surface area contributed by atoms with Crippen LogP contribution in [0.3, 0.4) is 0 Å². The van der Waals surface area contributed by atoms with Crippen LogP contribution in [0.5, 0.6) is 5.75 Å². The van der Waals surface area contributed by atoms with E-state index >= 15 is 0 Å². The third-order valence-corrected chi connectivity index (χ3v) is 5.72. The van der Waals surface area contributed by atoms with Crippen molar-refractivity contribution in [1.82, 2.24) is 14.5 Å². The van der Waals surface area contributed by atoms with Crippen molar-refractivity contribution in [3.05, 3.63) is 59.4 Å². The molecule has 0 aliphatic carbocycles. The number of ether oxygens (including phenoxy) is 1. The molecule has 0 spiro atoms. The maximum absolute atomic E-state index is 6.12. The van der Waals surface area contributed by atoms with Gasteiger partial charge in [0.2, 0.25) is 0 Å². The first-order chi connectivity index (χ1) is 13.7. The minimum absolute atomic E-state index is 0.657. The number of para-hydroxylation sites is 2. The van der Waals surface area contributed by atoms with Crippen LogP contribution in [0.4, 0.5) is 0 Å². The summed E-state index contributed by atoms with van der Waals surface area (Å²) < 4.78 is 8.48. The van der Waals surface area contributed by atoms with Crippen molar-refractivity contribution in [2.75, 3.05) is 26.2 Å². The summed E-state index contributed by atoms with van der Waals surface area (Å²) >= 11 is 0. The Kier molecular flexibility index (Phi) is 5.96. The third kappa shape index (κ3) is 4.39. The van der Waals surface area contributed by atoms with Gasteiger partial charge in [-0.1, -0.05) is 24.3 Å². The SMILES string of the molecule is Cc1ccc(C)c(OCCn2c(CCCN3CCCC3)nc3ccccc32)c1. The van der Waals surface area contributed by atoms with E-state index in [0.717, 1.165) is 24.2 Å². The number of aryl methyl sites for hydroxylation is 3. The number of hydrogen-bond donors (Lipinski definition) is 0. The monoisotopic (exact) mass is 377 g/mol. The second kappa shape index (κ2) is 8.78. The molecule has 2 heterocycles. The number of benzene rings is 2. The number of likely N-dealkylation sites (tertiary alicyclic amines) is 1. The van der Waals surface area contributed by atoms with E-state index in [9.17, 15) is 0 Å². The Hall–Kier alpha value is -2.33. The molecule has 2 aromatic carbocycles. The van der Waals surface area contributed by atoms with Crippen LogP contribution in [0.2, 0.25) is 0 Å². The highest BCUT2D eigenvalue weighted by Gasteiger charge is 2.14. The smallest absolute Gasteiger partial charge is 0.122 e. The van der Waals surface area contributed by atoms with Gasteiger partial charge in [0.15, 0.2) is 0 Å². The summed E-state index contributed by atoms with van der Waals surface area (Å²) in [5, 5.41) is 0. The molecular formula is C24H31N3O. The molecule has 0 radical (unpaired) electrons. The third-order valence-electron chi connectivity index (χ3n) is 5.72. The molecule has 0 N–H and O–H groups in total. The molecular weight excluding hydrogens is 346 g/mol. The molecule has 0 atom stereocenters. The lowest BCUT2D eigenvalue weighted by atomic mass is 10.1. The summed E-state index contributed by atoms with van der Waals surface area (Å²) in [6.07, 6.45) is 4.90. The normalized spacial score (nSPS) is 14.8. The Morgan fingerprint density at radius 2 is 1.82 bits per heavy atom. The minimum Gasteiger partial charge on any atom is -0.491 e. The Morgan fingerprint density at radius 1 is 1.00 bits per heavy atom. The van der Waals surface area contributed by atoms with Gasteiger partial charge in [-0.25, -0.2) is 4.98 Å². The highest BCUT2D eigenvalue weighted by atomic mass is 16.5. The molecule has 0 amide bonds. The highest BCUT2D eigenvalue weighted by molar-refractivity contribution is 5.75. The summed E-state index contributed by atoms with van der Waals surface area (Å²) in [5.74, 6) is 2.17. The maximum Gasteiger partial charge on any atom is 0.122 e. The molecule has 4 rings (SSSR count). The summed E-state index contributed by atoms with van der Waals surface area (Å²) in [4.78, 5) is 7.50. The second-order valence-corrected chi connectivity index (χ2v) is 7.94. The van der Waals surface area contributed by atoms with Gasteiger partial charge in [-0.05, 0) is 82.1 Å². The zero-order valence-corrected chi connectivity index (χ0v) is 17.2. The fraction of sp³-hybridized carbons (Fsp3) is 0.458. The van der Waals surface area contributed by atoms with Crippen LogP contribution in [-0.4, -0.2) is 40.7 Å². The van der Waals surface area contributed by atoms with Crippen molar-refractivity contribution in [3.8, 4) is 5.75 Å². The molecule has 28 heavy (non-hydrogen) atoms. The standard InChI is InChI=1S/C24H31N3O/c1-19-11-12-20(2)23(18-19)28-17-16-27-22-9-4-3-8-21(22)25-24(27)10-7-15-26-13-5-6-14-26/h3-4,8-9,11-12,18H,5-7,10,13-17H2,1-2H3. The summed E-state index contributed by atoms with van der Waals surface area (Å²) in [5.41, 5.74) is 4.72. The Balaban J connectivity index is 1.44. The van der Waals surface area contributed by atoms with Crippen molar-refractivity contribution in [3.63, 3.8) is 0 Å². The van der Waals surface area contributed by atoms with Gasteiger partial charge in [-0.2, -0.15) is 0 Å². The molecule has 0 unspecified atom stereocenters. The maximum atomic E-state index is 6.12. The Labute approximate surface area is 168 Å². The molecule has 0 bridgehead atoms. The lowest BCUT2D eigenvalue weighted by Crippen LogP contribution is -2.21. The van der Waals surface area contributed by atoms with Gasteiger partial charge < -0.3 is 14.2 Å². The molecule has 1 saturated heterocycles. The molecule has 0 saturated carbocycles. The number of fused-ring (bicyclic) bond motifs is 1. The van der Waals surface area contributed by atoms with E-state index in [1.54, 1.807) is 0 Å². The van der Waals surface area contributed by atoms with Crippen LogP contribution >= 0.6 is 0 Å². The number of imidazole rings is 1. The van der Waals surface area contributed by atoms with Crippen LogP contribution < -0.4 is 4.74 Å². The number of rotatable bonds is 8. The average molecular weight is 378 g/mol. The van der Waals surface area contributed by atoms with Gasteiger partial charge in [0.25, 0.3) is 0 Å². The van der Waals surface area contributed by atoms with E-state index in [-0.39, 0.29) is 0 Å². The number of hydrogen-bond acceptors (Lipinski definition) is 3. The van der Waals surface area contributed by atoms with Crippen LogP contribution in [0.25, 0.3) is 11.0 Å². The van der Waals surface area contributed by atoms with Gasteiger partial charge >= 0.3 is 0 Å². The fourth-order valence-electron chi connectivity index (χ4n) is 4.14. The Morgan fingerprint density at radius 3 is 2.68 bits per heavy atom. The van der Waals surface area contributed by atoms with Crippen molar-refractivity contribution in [2.24, 2.45) is 0 Å². The Bertz CT molecular complexity index is 925. The molecule has 1 aliphatic heterocycles. The van der Waals surface area contributed by atoms with E-state index in [2.05, 4.69) is 65.8 Å². The predicted octanol–water partition coefficient (Wildman–Crippen LogP) is 4.76. The quantitative estimate of drug-likeness (QED) is 0.567. The molecule has 1 aromatic heterocycles. The van der Waals surface area contributed by atoms with Crippen molar-refractivity contribution in [2.45, 2.75) is 46.1 Å². The van der Waals surface area contributed by atoms with Crippen LogP contribution in [-0.2, 0) is 13.0 Å². The molecule has 1 aliphatic rings. The van der Waals surface area contributed by atoms with Crippen molar-refractivity contribution in [1.29, 1.82) is 0 Å². The topological polar surface area (TPSA) is 30.3 Å². The predicted molar refractivity (Wildman–Crippen MR) is 115 cm³/mol. The van der Waals surface area contributed by atoms with Crippen molar-refractivity contribution >= 4 is 11.0 Å². The zero-order chi connectivity index (χ0) is 19.3. The summed E-state index contributed by atoms with van der Waals surface area (Å²) in [6.45, 7) is 9.40. The lowest BCUT2D eigenvalue weighted by Gasteiger charge is -2.15. The van der Waals surface area contributed by atoms with Gasteiger partial charge in [-0.15, -0.1) is 0 Å². The van der Waals surface area contributed by atoms with E-state index in [0.29, 0.717) is 6.61 Å². The second-order valence-electron chi connectivity index (χ2n) is 7.94. The first kappa shape index (κ1) is 19.0. The zero-order valence-electron chi connectivity index (χ0n) is 17.2. The first-order valence-corrected chi connectivity index (χ1v) is 10.6. The molecule has 148 valence electrons. The average Bonchev–Trinajstić information content (AvgIpc) is 3.33. The molecule has 3 aromatic rings. The van der Waals surface area contributed by atoms with Crippen LogP contribution in [0.15, 0.2) is 42.5 Å². The van der Waals surface area contributed by atoms with Gasteiger partial charge in [-0.3, -0.25) is 0 Å². The van der Waals surface area contributed by atoms with Crippen LogP contribution in [0, 0.1) is 13.8 Å². The van der Waals surface area contributed by atoms with E-state index in [4.69, 9.17) is 9.72 Å². The molecule has 1 fully saturated rings. The number of nitrogens with zero attached hydrogens (tertiary/aromatic N) is 3. The number of aromatic nitrogens is 2. The van der Waals surface area contributed by atoms with E-state index < -0.39 is 0 Å². The van der Waals surface area contributed by atoms with Gasteiger partial charge in [0, 0.05) is 6.42 Å². The van der Waals surface area contributed by atoms with Gasteiger partial charge in [0.05, 0.1) is 17.6 Å². The largest absolute Gasteiger partial charge is 0.491 e. The first-order valence-electron chi connectivity index (χ1n) is 10.6. The van der Waals surface area contributed by atoms with Crippen LogP contribution in [0.1, 0.15) is 36.2 Å². The van der Waals surface area contributed by atoms with E-state index in [1.807, 2.05) is 0 Å². The van der Waals surface area contributed by atoms with Crippen molar-refractivity contribution < 1.29 is 4.74 Å². The minimum atomic E-state index is 0.657. The van der Waals surface area contributed by atoms with Gasteiger partial charge in [0.1, 0.15) is 18.2 Å². The van der Waals surface area contributed by atoms with E-state index in [1.165, 1.54) is 61.4 Å². The fourth-order valence-corrected chi connectivity index (χ4v) is 4.14. The highest BCUT2D eigenvalue weighted by Crippen LogP contribution is 2.21. The summed E-state index contributed by atoms with van der Waals surface area (Å²) in [6, 6.07) is 14.8. The summed E-state index contributed by atoms with van der Waals surface area (Å²) in [7, 11) is 0. The molecule has 4 heteroatoms. The lowest BCUT2D eigenvalue weighted by molar-refractivity contribution is 0.295.